The number of carbonyl (C=O) groups is 3. The highest BCUT2D eigenvalue weighted by atomic mass is 32.1. The predicted octanol–water partition coefficient (Wildman–Crippen LogP) is 4.88. The van der Waals surface area contributed by atoms with Crippen molar-refractivity contribution >= 4 is 51.2 Å². The van der Waals surface area contributed by atoms with Gasteiger partial charge in [0.1, 0.15) is 29.0 Å². The standard InChI is InChI=1S/C25H22N2O6S2/c1-4-12-33-16-10-8-15(9-11-16)20(28)18-19(17-7-6-13-34-17)27(23(30)21(18)29)25-26-14(3)22(35-25)24(31)32-5-2/h4,6-11,13,19,28H,1,5,12H2,2-3H3/t19-/m0/s1. The molecular weight excluding hydrogens is 488 g/mol. The summed E-state index contributed by atoms with van der Waals surface area (Å²) in [5.74, 6) is -1.95. The number of carbonyl (C=O) groups excluding carboxylic acids is 3. The second kappa shape index (κ2) is 10.2. The van der Waals surface area contributed by atoms with E-state index in [9.17, 15) is 19.5 Å². The highest BCUT2D eigenvalue weighted by Gasteiger charge is 2.48. The van der Waals surface area contributed by atoms with Crippen LogP contribution >= 0.6 is 22.7 Å². The van der Waals surface area contributed by atoms with Gasteiger partial charge in [-0.2, -0.15) is 0 Å². The van der Waals surface area contributed by atoms with Crippen molar-refractivity contribution < 1.29 is 29.0 Å². The molecule has 1 saturated heterocycles. The Kier molecular flexibility index (Phi) is 7.13. The molecule has 1 aromatic carbocycles. The number of aryl methyl sites for hydroxylation is 1. The van der Waals surface area contributed by atoms with Crippen LogP contribution in [0.3, 0.4) is 0 Å². The van der Waals surface area contributed by atoms with Crippen LogP contribution in [0.15, 0.2) is 60.0 Å². The van der Waals surface area contributed by atoms with Gasteiger partial charge in [-0.15, -0.1) is 11.3 Å². The topological polar surface area (TPSA) is 106 Å². The maximum absolute atomic E-state index is 13.2. The molecule has 1 aliphatic rings. The molecule has 0 aliphatic carbocycles. The third-order valence-electron chi connectivity index (χ3n) is 5.20. The van der Waals surface area contributed by atoms with Crippen LogP contribution < -0.4 is 9.64 Å². The number of Topliss-reactive ketones (excluding diaryl/α,β-unsaturated/α-hetero) is 1. The van der Waals surface area contributed by atoms with Crippen molar-refractivity contribution in [2.45, 2.75) is 19.9 Å². The number of aliphatic hydroxyl groups excluding tert-OH is 1. The molecule has 10 heteroatoms. The first-order valence-electron chi connectivity index (χ1n) is 10.7. The largest absolute Gasteiger partial charge is 0.507 e. The van der Waals surface area contributed by atoms with E-state index in [0.29, 0.717) is 28.5 Å². The van der Waals surface area contributed by atoms with Crippen molar-refractivity contribution in [3.8, 4) is 5.75 Å². The van der Waals surface area contributed by atoms with Crippen molar-refractivity contribution in [2.24, 2.45) is 0 Å². The number of esters is 1. The van der Waals surface area contributed by atoms with E-state index in [0.717, 1.165) is 11.3 Å². The van der Waals surface area contributed by atoms with Crippen LogP contribution in [-0.2, 0) is 14.3 Å². The van der Waals surface area contributed by atoms with Gasteiger partial charge in [-0.05, 0) is 49.6 Å². The summed E-state index contributed by atoms with van der Waals surface area (Å²) < 4.78 is 10.6. The maximum Gasteiger partial charge on any atom is 0.350 e. The number of ether oxygens (including phenoxy) is 2. The Labute approximate surface area is 209 Å². The van der Waals surface area contributed by atoms with Gasteiger partial charge >= 0.3 is 11.9 Å². The molecule has 0 unspecified atom stereocenters. The van der Waals surface area contributed by atoms with Gasteiger partial charge in [-0.25, -0.2) is 9.78 Å². The zero-order valence-electron chi connectivity index (χ0n) is 19.0. The summed E-state index contributed by atoms with van der Waals surface area (Å²) in [4.78, 5) is 45.3. The SMILES string of the molecule is C=CCOc1ccc(C(O)=C2C(=O)C(=O)N(c3nc(C)c(C(=O)OCC)s3)[C@H]2c2cccs2)cc1. The van der Waals surface area contributed by atoms with Crippen molar-refractivity contribution in [1.82, 2.24) is 4.98 Å². The minimum absolute atomic E-state index is 0.0530. The zero-order valence-corrected chi connectivity index (χ0v) is 20.6. The lowest BCUT2D eigenvalue weighted by Gasteiger charge is -2.21. The number of nitrogens with zero attached hydrogens (tertiary/aromatic N) is 2. The number of thiazole rings is 1. The molecule has 2 aromatic heterocycles. The lowest BCUT2D eigenvalue weighted by atomic mass is 10.00. The molecule has 0 radical (unpaired) electrons. The van der Waals surface area contributed by atoms with Crippen LogP contribution in [-0.4, -0.2) is 41.0 Å². The first-order valence-corrected chi connectivity index (χ1v) is 12.4. The fourth-order valence-electron chi connectivity index (χ4n) is 3.64. The van der Waals surface area contributed by atoms with E-state index in [1.54, 1.807) is 56.3 Å². The molecule has 3 heterocycles. The summed E-state index contributed by atoms with van der Waals surface area (Å²) >= 11 is 2.31. The van der Waals surface area contributed by atoms with Gasteiger partial charge in [0.25, 0.3) is 5.78 Å². The molecule has 1 atom stereocenters. The van der Waals surface area contributed by atoms with Crippen LogP contribution in [0.2, 0.25) is 0 Å². The summed E-state index contributed by atoms with van der Waals surface area (Å²) in [5.41, 5.74) is 0.700. The normalized spacial score (nSPS) is 17.0. The van der Waals surface area contributed by atoms with E-state index in [4.69, 9.17) is 9.47 Å². The molecule has 0 saturated carbocycles. The van der Waals surface area contributed by atoms with E-state index in [-0.39, 0.29) is 27.9 Å². The average molecular weight is 511 g/mol. The summed E-state index contributed by atoms with van der Waals surface area (Å²) in [7, 11) is 0. The highest BCUT2D eigenvalue weighted by Crippen LogP contribution is 2.45. The van der Waals surface area contributed by atoms with E-state index >= 15 is 0 Å². The van der Waals surface area contributed by atoms with Crippen LogP contribution in [0.1, 0.15) is 38.8 Å². The number of hydrogen-bond donors (Lipinski definition) is 1. The molecule has 1 N–H and O–H groups in total. The zero-order chi connectivity index (χ0) is 25.1. The number of anilines is 1. The van der Waals surface area contributed by atoms with Crippen molar-refractivity contribution in [3.63, 3.8) is 0 Å². The quantitative estimate of drug-likeness (QED) is 0.151. The van der Waals surface area contributed by atoms with E-state index < -0.39 is 23.7 Å². The average Bonchev–Trinajstić information content (AvgIpc) is 3.57. The molecule has 0 spiro atoms. The van der Waals surface area contributed by atoms with Crippen molar-refractivity contribution in [3.05, 3.63) is 81.0 Å². The number of rotatable bonds is 8. The number of thiophene rings is 1. The van der Waals surface area contributed by atoms with E-state index in [1.165, 1.54) is 16.2 Å². The van der Waals surface area contributed by atoms with Gasteiger partial charge in [0.2, 0.25) is 0 Å². The Hall–Kier alpha value is -3.76. The maximum atomic E-state index is 13.2. The Morgan fingerprint density at radius 1 is 1.26 bits per heavy atom. The molecule has 180 valence electrons. The second-order valence-corrected chi connectivity index (χ2v) is 9.40. The minimum atomic E-state index is -0.896. The highest BCUT2D eigenvalue weighted by molar-refractivity contribution is 7.18. The predicted molar refractivity (Wildman–Crippen MR) is 134 cm³/mol. The minimum Gasteiger partial charge on any atom is -0.507 e. The monoisotopic (exact) mass is 510 g/mol. The van der Waals surface area contributed by atoms with Crippen LogP contribution in [0.5, 0.6) is 5.75 Å². The lowest BCUT2D eigenvalue weighted by Crippen LogP contribution is -2.29. The summed E-state index contributed by atoms with van der Waals surface area (Å²) in [6.45, 7) is 7.47. The molecule has 4 rings (SSSR count). The first-order chi connectivity index (χ1) is 16.9. The van der Waals surface area contributed by atoms with E-state index in [2.05, 4.69) is 11.6 Å². The van der Waals surface area contributed by atoms with E-state index in [1.807, 2.05) is 5.38 Å². The Morgan fingerprint density at radius 2 is 2.00 bits per heavy atom. The molecule has 8 nitrogen and oxygen atoms in total. The molecule has 0 bridgehead atoms. The van der Waals surface area contributed by atoms with Crippen molar-refractivity contribution in [2.75, 3.05) is 18.1 Å². The number of hydrogen-bond acceptors (Lipinski definition) is 9. The number of ketones is 1. The number of amides is 1. The van der Waals surface area contributed by atoms with Gasteiger partial charge in [0, 0.05) is 10.4 Å². The number of aliphatic hydroxyl groups is 1. The number of aromatic nitrogens is 1. The first kappa shape index (κ1) is 24.4. The smallest absolute Gasteiger partial charge is 0.350 e. The third kappa shape index (κ3) is 4.62. The Morgan fingerprint density at radius 3 is 2.63 bits per heavy atom. The molecular formula is C25H22N2O6S2. The fourth-order valence-corrected chi connectivity index (χ4v) is 5.45. The van der Waals surface area contributed by atoms with Gasteiger partial charge in [-0.1, -0.05) is 30.1 Å². The van der Waals surface area contributed by atoms with Crippen molar-refractivity contribution in [1.29, 1.82) is 0 Å². The summed E-state index contributed by atoms with van der Waals surface area (Å²) in [6.07, 6.45) is 1.62. The Balaban J connectivity index is 1.80. The van der Waals surface area contributed by atoms with Gasteiger partial charge < -0.3 is 14.6 Å². The number of benzene rings is 1. The summed E-state index contributed by atoms with van der Waals surface area (Å²) in [5, 5.41) is 13.2. The fraction of sp³-hybridized carbons (Fsp3) is 0.200. The van der Waals surface area contributed by atoms with Crippen LogP contribution in [0.4, 0.5) is 5.13 Å². The molecule has 35 heavy (non-hydrogen) atoms. The molecule has 1 aliphatic heterocycles. The second-order valence-electron chi connectivity index (χ2n) is 7.44. The molecule has 1 fully saturated rings. The van der Waals surface area contributed by atoms with Gasteiger partial charge in [0.15, 0.2) is 5.13 Å². The lowest BCUT2D eigenvalue weighted by molar-refractivity contribution is -0.132. The van der Waals surface area contributed by atoms with Crippen LogP contribution in [0, 0.1) is 6.92 Å². The molecule has 3 aromatic rings. The summed E-state index contributed by atoms with van der Waals surface area (Å²) in [6, 6.07) is 9.21. The Bertz CT molecular complexity index is 1310. The van der Waals surface area contributed by atoms with Gasteiger partial charge in [-0.3, -0.25) is 14.5 Å². The molecule has 1 amide bonds. The van der Waals surface area contributed by atoms with Gasteiger partial charge in [0.05, 0.1) is 17.9 Å². The van der Waals surface area contributed by atoms with Crippen LogP contribution in [0.25, 0.3) is 5.76 Å². The third-order valence-corrected chi connectivity index (χ3v) is 7.27.